The van der Waals surface area contributed by atoms with Crippen molar-refractivity contribution in [2.24, 2.45) is 0 Å². The van der Waals surface area contributed by atoms with Crippen molar-refractivity contribution in [2.75, 3.05) is 5.32 Å². The highest BCUT2D eigenvalue weighted by Gasteiger charge is 2.35. The Labute approximate surface area is 157 Å². The van der Waals surface area contributed by atoms with Gasteiger partial charge in [0.2, 0.25) is 0 Å². The molecule has 0 atom stereocenters. The van der Waals surface area contributed by atoms with Crippen molar-refractivity contribution < 1.29 is 18.0 Å². The van der Waals surface area contributed by atoms with E-state index in [-0.39, 0.29) is 11.9 Å². The molecule has 2 heterocycles. The molecule has 27 heavy (non-hydrogen) atoms. The zero-order chi connectivity index (χ0) is 19.8. The molecule has 2 aromatic heterocycles. The van der Waals surface area contributed by atoms with E-state index in [4.69, 9.17) is 0 Å². The van der Waals surface area contributed by atoms with Crippen LogP contribution in [-0.4, -0.2) is 20.7 Å². The quantitative estimate of drug-likeness (QED) is 0.664. The fourth-order valence-electron chi connectivity index (χ4n) is 2.55. The van der Waals surface area contributed by atoms with E-state index >= 15 is 0 Å². The number of alkyl halides is 3. The average Bonchev–Trinajstić information content (AvgIpc) is 3.21. The van der Waals surface area contributed by atoms with E-state index in [1.807, 2.05) is 19.1 Å². The molecule has 1 amide bonds. The fraction of sp³-hybridized carbons (Fsp3) is 0.278. The van der Waals surface area contributed by atoms with E-state index in [0.717, 1.165) is 23.0 Å². The van der Waals surface area contributed by atoms with Crippen LogP contribution in [0.4, 0.5) is 18.3 Å². The van der Waals surface area contributed by atoms with E-state index in [1.165, 1.54) is 10.9 Å². The molecule has 0 aliphatic heterocycles. The molecule has 0 aliphatic carbocycles. The molecule has 3 aromatic rings. The zero-order valence-corrected chi connectivity index (χ0v) is 15.6. The van der Waals surface area contributed by atoms with Crippen LogP contribution in [0.1, 0.15) is 41.5 Å². The van der Waals surface area contributed by atoms with Crippen molar-refractivity contribution in [3.63, 3.8) is 0 Å². The number of nitrogens with zero attached hydrogens (tertiary/aromatic N) is 3. The molecule has 0 aliphatic rings. The molecule has 0 bridgehead atoms. The number of halogens is 3. The van der Waals surface area contributed by atoms with Crippen LogP contribution in [0.5, 0.6) is 0 Å². The Morgan fingerprint density at radius 2 is 1.96 bits per heavy atom. The summed E-state index contributed by atoms with van der Waals surface area (Å²) >= 11 is 1.10. The van der Waals surface area contributed by atoms with Crippen LogP contribution in [0.15, 0.2) is 36.5 Å². The summed E-state index contributed by atoms with van der Waals surface area (Å²) in [7, 11) is 0. The Kier molecular flexibility index (Phi) is 5.05. The van der Waals surface area contributed by atoms with Crippen LogP contribution in [-0.2, 0) is 6.18 Å². The number of anilines is 1. The summed E-state index contributed by atoms with van der Waals surface area (Å²) in [6.07, 6.45) is -3.09. The lowest BCUT2D eigenvalue weighted by Gasteiger charge is -2.09. The van der Waals surface area contributed by atoms with Crippen molar-refractivity contribution in [3.05, 3.63) is 53.3 Å². The minimum atomic E-state index is -4.53. The van der Waals surface area contributed by atoms with Gasteiger partial charge < -0.3 is 0 Å². The predicted molar refractivity (Wildman–Crippen MR) is 97.9 cm³/mol. The summed E-state index contributed by atoms with van der Waals surface area (Å²) in [5.41, 5.74) is 0.691. The van der Waals surface area contributed by atoms with Gasteiger partial charge in [-0.15, -0.1) is 0 Å². The maximum atomic E-state index is 13.0. The Balaban J connectivity index is 1.89. The van der Waals surface area contributed by atoms with Gasteiger partial charge in [0.05, 0.1) is 10.6 Å². The molecular formula is C18H17F3N4OS. The number of aryl methyl sites for hydroxylation is 1. The van der Waals surface area contributed by atoms with E-state index in [1.54, 1.807) is 26.0 Å². The molecule has 142 valence electrons. The summed E-state index contributed by atoms with van der Waals surface area (Å²) in [5, 5.41) is 6.67. The van der Waals surface area contributed by atoms with Crippen molar-refractivity contribution in [1.29, 1.82) is 0 Å². The number of nitrogens with one attached hydrogen (secondary N) is 1. The first-order valence-electron chi connectivity index (χ1n) is 8.16. The van der Waals surface area contributed by atoms with E-state index in [9.17, 15) is 18.0 Å². The van der Waals surface area contributed by atoms with Gasteiger partial charge in [0.1, 0.15) is 0 Å². The third kappa shape index (κ3) is 4.02. The monoisotopic (exact) mass is 394 g/mol. The molecule has 5 nitrogen and oxygen atoms in total. The Hall–Kier alpha value is -2.68. The average molecular weight is 394 g/mol. The largest absolute Gasteiger partial charge is 0.435 e. The summed E-state index contributed by atoms with van der Waals surface area (Å²) in [6.45, 7) is 5.32. The first-order valence-corrected chi connectivity index (χ1v) is 8.98. The minimum absolute atomic E-state index is 0.261. The zero-order valence-electron chi connectivity index (χ0n) is 14.8. The van der Waals surface area contributed by atoms with Crippen LogP contribution in [0, 0.1) is 6.92 Å². The second-order valence-corrected chi connectivity index (χ2v) is 7.28. The lowest BCUT2D eigenvalue weighted by molar-refractivity contribution is -0.141. The SMILES string of the molecule is Cc1ccccc1C(=O)Nc1ncc(-c2cc(C(F)(F)F)nn2C(C)C)s1. The van der Waals surface area contributed by atoms with E-state index in [0.29, 0.717) is 21.3 Å². The molecule has 3 rings (SSSR count). The predicted octanol–water partition coefficient (Wildman–Crippen LogP) is 5.17. The Bertz CT molecular complexity index is 975. The molecule has 0 unspecified atom stereocenters. The molecule has 0 fully saturated rings. The number of carbonyl (C=O) groups excluding carboxylic acids is 1. The number of benzene rings is 1. The van der Waals surface area contributed by atoms with Crippen LogP contribution in [0.2, 0.25) is 0 Å². The number of hydrogen-bond acceptors (Lipinski definition) is 4. The van der Waals surface area contributed by atoms with Crippen LogP contribution >= 0.6 is 11.3 Å². The highest BCUT2D eigenvalue weighted by Crippen LogP contribution is 2.36. The Morgan fingerprint density at radius 1 is 1.26 bits per heavy atom. The van der Waals surface area contributed by atoms with Crippen LogP contribution < -0.4 is 5.32 Å². The number of rotatable bonds is 4. The van der Waals surface area contributed by atoms with Gasteiger partial charge in [-0.05, 0) is 38.5 Å². The number of carbonyl (C=O) groups is 1. The number of hydrogen-bond donors (Lipinski definition) is 1. The van der Waals surface area contributed by atoms with Crippen molar-refractivity contribution in [1.82, 2.24) is 14.8 Å². The highest BCUT2D eigenvalue weighted by molar-refractivity contribution is 7.19. The van der Waals surface area contributed by atoms with Gasteiger partial charge in [-0.3, -0.25) is 14.8 Å². The summed E-state index contributed by atoms with van der Waals surface area (Å²) in [6, 6.07) is 7.85. The third-order valence-corrected chi connectivity index (χ3v) is 4.82. The first-order chi connectivity index (χ1) is 12.7. The molecule has 1 N–H and O–H groups in total. The summed E-state index contributed by atoms with van der Waals surface area (Å²) in [5.74, 6) is -0.317. The van der Waals surface area contributed by atoms with E-state index in [2.05, 4.69) is 15.4 Å². The van der Waals surface area contributed by atoms with E-state index < -0.39 is 11.9 Å². The molecule has 1 aromatic carbocycles. The molecule has 0 spiro atoms. The third-order valence-electron chi connectivity index (χ3n) is 3.88. The second-order valence-electron chi connectivity index (χ2n) is 6.25. The van der Waals surface area contributed by atoms with Gasteiger partial charge in [-0.2, -0.15) is 18.3 Å². The molecule has 0 radical (unpaired) electrons. The van der Waals surface area contributed by atoms with Gasteiger partial charge in [0.15, 0.2) is 10.8 Å². The van der Waals surface area contributed by atoms with Crippen molar-refractivity contribution in [2.45, 2.75) is 33.0 Å². The molecule has 0 saturated heterocycles. The van der Waals surface area contributed by atoms with Crippen LogP contribution in [0.3, 0.4) is 0 Å². The summed E-state index contributed by atoms with van der Waals surface area (Å²) < 4.78 is 40.4. The maximum Gasteiger partial charge on any atom is 0.435 e. The van der Waals surface area contributed by atoms with Gasteiger partial charge in [0.25, 0.3) is 5.91 Å². The molecular weight excluding hydrogens is 377 g/mol. The number of thiazole rings is 1. The van der Waals surface area contributed by atoms with Gasteiger partial charge >= 0.3 is 6.18 Å². The first kappa shape index (κ1) is 19.1. The Morgan fingerprint density at radius 3 is 2.59 bits per heavy atom. The lowest BCUT2D eigenvalue weighted by atomic mass is 10.1. The lowest BCUT2D eigenvalue weighted by Crippen LogP contribution is -2.12. The fourth-order valence-corrected chi connectivity index (χ4v) is 3.37. The van der Waals surface area contributed by atoms with Gasteiger partial charge in [-0.1, -0.05) is 29.5 Å². The molecule has 9 heteroatoms. The van der Waals surface area contributed by atoms with Crippen molar-refractivity contribution >= 4 is 22.4 Å². The number of aromatic nitrogens is 3. The number of amides is 1. The van der Waals surface area contributed by atoms with Crippen molar-refractivity contribution in [3.8, 4) is 10.6 Å². The highest BCUT2D eigenvalue weighted by atomic mass is 32.1. The maximum absolute atomic E-state index is 13.0. The smallest absolute Gasteiger partial charge is 0.298 e. The topological polar surface area (TPSA) is 59.8 Å². The summed E-state index contributed by atoms with van der Waals surface area (Å²) in [4.78, 5) is 17.0. The van der Waals surface area contributed by atoms with Crippen LogP contribution in [0.25, 0.3) is 10.6 Å². The second kappa shape index (κ2) is 7.15. The van der Waals surface area contributed by atoms with Gasteiger partial charge in [-0.25, -0.2) is 4.98 Å². The van der Waals surface area contributed by atoms with Gasteiger partial charge in [0, 0.05) is 17.8 Å². The normalized spacial score (nSPS) is 11.8. The standard InChI is InChI=1S/C18H17F3N4OS/c1-10(2)25-13(8-15(24-25)18(19,20)21)14-9-22-17(27-14)23-16(26)12-7-5-4-6-11(12)3/h4-10H,1-3H3,(H,22,23,26). The molecule has 0 saturated carbocycles. The minimum Gasteiger partial charge on any atom is -0.298 e.